The van der Waals surface area contributed by atoms with Gasteiger partial charge in [-0.15, -0.1) is 0 Å². The summed E-state index contributed by atoms with van der Waals surface area (Å²) in [5, 5.41) is 13.7. The van der Waals surface area contributed by atoms with E-state index in [9.17, 15) is 18.9 Å². The number of nitro groups is 1. The third-order valence-electron chi connectivity index (χ3n) is 3.35. The van der Waals surface area contributed by atoms with Gasteiger partial charge in [-0.3, -0.25) is 10.1 Å². The van der Waals surface area contributed by atoms with Crippen LogP contribution in [0.3, 0.4) is 0 Å². The number of pyridine rings is 1. The molecule has 1 fully saturated rings. The summed E-state index contributed by atoms with van der Waals surface area (Å²) in [5.41, 5.74) is 0.462. The first-order valence-electron chi connectivity index (χ1n) is 6.13. The van der Waals surface area contributed by atoms with E-state index in [1.165, 1.54) is 6.20 Å². The summed E-state index contributed by atoms with van der Waals surface area (Å²) in [4.78, 5) is 14.1. The van der Waals surface area contributed by atoms with Crippen molar-refractivity contribution in [2.45, 2.75) is 44.6 Å². The van der Waals surface area contributed by atoms with Crippen molar-refractivity contribution in [1.29, 1.82) is 0 Å². The molecule has 1 aromatic rings. The van der Waals surface area contributed by atoms with Gasteiger partial charge in [0, 0.05) is 24.4 Å². The summed E-state index contributed by atoms with van der Waals surface area (Å²) in [6, 6.07) is 1.53. The molecule has 2 rings (SSSR count). The van der Waals surface area contributed by atoms with Crippen molar-refractivity contribution in [3.8, 4) is 0 Å². The maximum Gasteiger partial charge on any atom is 0.290 e. The SMILES string of the molecule is Cc1cc(NC2CCC(F)(F)CC2)ncc1[N+](=O)[O-]. The van der Waals surface area contributed by atoms with Gasteiger partial charge in [-0.25, -0.2) is 13.8 Å². The van der Waals surface area contributed by atoms with Crippen molar-refractivity contribution in [3.05, 3.63) is 27.9 Å². The molecule has 1 saturated carbocycles. The van der Waals surface area contributed by atoms with Crippen LogP contribution in [0.4, 0.5) is 20.3 Å². The van der Waals surface area contributed by atoms with Crippen molar-refractivity contribution in [1.82, 2.24) is 4.98 Å². The van der Waals surface area contributed by atoms with Gasteiger partial charge in [0.25, 0.3) is 5.69 Å². The lowest BCUT2D eigenvalue weighted by atomic mass is 9.92. The Balaban J connectivity index is 2.01. The fourth-order valence-electron chi connectivity index (χ4n) is 2.21. The lowest BCUT2D eigenvalue weighted by Gasteiger charge is -2.29. The minimum Gasteiger partial charge on any atom is -0.367 e. The highest BCUT2D eigenvalue weighted by molar-refractivity contribution is 5.47. The summed E-state index contributed by atoms with van der Waals surface area (Å²) >= 11 is 0. The summed E-state index contributed by atoms with van der Waals surface area (Å²) < 4.78 is 26.0. The molecule has 0 radical (unpaired) electrons. The predicted molar refractivity (Wildman–Crippen MR) is 66.5 cm³/mol. The van der Waals surface area contributed by atoms with Crippen LogP contribution in [0.25, 0.3) is 0 Å². The molecule has 0 aliphatic heterocycles. The van der Waals surface area contributed by atoms with Gasteiger partial charge >= 0.3 is 0 Å². The minimum absolute atomic E-state index is 0.0410. The van der Waals surface area contributed by atoms with Crippen LogP contribution in [0.5, 0.6) is 0 Å². The number of hydrogen-bond donors (Lipinski definition) is 1. The molecule has 1 heterocycles. The monoisotopic (exact) mass is 271 g/mol. The number of anilines is 1. The second kappa shape index (κ2) is 5.07. The van der Waals surface area contributed by atoms with Gasteiger partial charge in [0.2, 0.25) is 5.92 Å². The molecule has 104 valence electrons. The molecular formula is C12H15F2N3O2. The second-order valence-electron chi connectivity index (χ2n) is 4.89. The van der Waals surface area contributed by atoms with E-state index in [1.54, 1.807) is 13.0 Å². The molecule has 5 nitrogen and oxygen atoms in total. The van der Waals surface area contributed by atoms with Gasteiger partial charge in [0.1, 0.15) is 12.0 Å². The second-order valence-corrected chi connectivity index (χ2v) is 4.89. The van der Waals surface area contributed by atoms with Gasteiger partial charge < -0.3 is 5.32 Å². The van der Waals surface area contributed by atoms with E-state index < -0.39 is 10.8 Å². The van der Waals surface area contributed by atoms with Crippen LogP contribution < -0.4 is 5.32 Å². The lowest BCUT2D eigenvalue weighted by Crippen LogP contribution is -2.32. The Kier molecular flexibility index (Phi) is 3.64. The van der Waals surface area contributed by atoms with Crippen LogP contribution >= 0.6 is 0 Å². The highest BCUT2D eigenvalue weighted by Gasteiger charge is 2.34. The van der Waals surface area contributed by atoms with E-state index in [0.717, 1.165) is 0 Å². The zero-order valence-corrected chi connectivity index (χ0v) is 10.5. The fourth-order valence-corrected chi connectivity index (χ4v) is 2.21. The largest absolute Gasteiger partial charge is 0.367 e. The Hall–Kier alpha value is -1.79. The van der Waals surface area contributed by atoms with Crippen LogP contribution in [-0.2, 0) is 0 Å². The molecule has 0 aromatic carbocycles. The van der Waals surface area contributed by atoms with E-state index in [2.05, 4.69) is 10.3 Å². The highest BCUT2D eigenvalue weighted by atomic mass is 19.3. The summed E-state index contributed by atoms with van der Waals surface area (Å²) in [7, 11) is 0. The van der Waals surface area contributed by atoms with E-state index in [0.29, 0.717) is 24.2 Å². The van der Waals surface area contributed by atoms with E-state index in [-0.39, 0.29) is 24.6 Å². The topological polar surface area (TPSA) is 68.1 Å². The van der Waals surface area contributed by atoms with Crippen LogP contribution in [0, 0.1) is 17.0 Å². The van der Waals surface area contributed by atoms with Crippen molar-refractivity contribution in [3.63, 3.8) is 0 Å². The average Bonchev–Trinajstić information content (AvgIpc) is 2.31. The molecule has 0 bridgehead atoms. The first-order chi connectivity index (χ1) is 8.87. The summed E-state index contributed by atoms with van der Waals surface area (Å²) in [6.45, 7) is 1.63. The molecule has 1 N–H and O–H groups in total. The van der Waals surface area contributed by atoms with Gasteiger partial charge in [0.15, 0.2) is 0 Å². The predicted octanol–water partition coefficient (Wildman–Crippen LogP) is 3.29. The van der Waals surface area contributed by atoms with Gasteiger partial charge in [0.05, 0.1) is 4.92 Å². The van der Waals surface area contributed by atoms with Crippen LogP contribution in [0.15, 0.2) is 12.3 Å². The summed E-state index contributed by atoms with van der Waals surface area (Å²) in [6.07, 6.45) is 1.69. The molecule has 7 heteroatoms. The summed E-state index contributed by atoms with van der Waals surface area (Å²) in [5.74, 6) is -2.06. The Morgan fingerprint density at radius 1 is 1.47 bits per heavy atom. The molecule has 0 unspecified atom stereocenters. The van der Waals surface area contributed by atoms with Crippen molar-refractivity contribution in [2.75, 3.05) is 5.32 Å². The molecule has 0 saturated heterocycles. The van der Waals surface area contributed by atoms with Gasteiger partial charge in [-0.2, -0.15) is 0 Å². The minimum atomic E-state index is -2.56. The van der Waals surface area contributed by atoms with Crippen molar-refractivity contribution in [2.24, 2.45) is 0 Å². The number of halogens is 2. The van der Waals surface area contributed by atoms with Crippen molar-refractivity contribution >= 4 is 11.5 Å². The fraction of sp³-hybridized carbons (Fsp3) is 0.583. The Morgan fingerprint density at radius 3 is 2.63 bits per heavy atom. The Labute approximate surface area is 109 Å². The van der Waals surface area contributed by atoms with E-state index >= 15 is 0 Å². The van der Waals surface area contributed by atoms with Gasteiger partial charge in [-0.05, 0) is 25.8 Å². The lowest BCUT2D eigenvalue weighted by molar-refractivity contribution is -0.385. The standard InChI is InChI=1S/C12H15F2N3O2/c1-8-6-11(15-7-10(8)17(18)19)16-9-2-4-12(13,14)5-3-9/h6-7,9H,2-5H2,1H3,(H,15,16). The Morgan fingerprint density at radius 2 is 2.11 bits per heavy atom. The number of rotatable bonds is 3. The maximum atomic E-state index is 13.0. The maximum absolute atomic E-state index is 13.0. The van der Waals surface area contributed by atoms with E-state index in [1.807, 2.05) is 0 Å². The molecule has 0 atom stereocenters. The number of aromatic nitrogens is 1. The number of nitrogens with one attached hydrogen (secondary N) is 1. The van der Waals surface area contributed by atoms with Crippen molar-refractivity contribution < 1.29 is 13.7 Å². The highest BCUT2D eigenvalue weighted by Crippen LogP contribution is 2.34. The Bertz CT molecular complexity index is 484. The van der Waals surface area contributed by atoms with E-state index in [4.69, 9.17) is 0 Å². The molecular weight excluding hydrogens is 256 g/mol. The zero-order chi connectivity index (χ0) is 14.0. The third-order valence-corrected chi connectivity index (χ3v) is 3.35. The molecule has 1 aromatic heterocycles. The number of alkyl halides is 2. The average molecular weight is 271 g/mol. The van der Waals surface area contributed by atoms with Crippen LogP contribution in [-0.4, -0.2) is 21.9 Å². The first-order valence-corrected chi connectivity index (χ1v) is 6.13. The molecule has 19 heavy (non-hydrogen) atoms. The molecule has 1 aliphatic carbocycles. The smallest absolute Gasteiger partial charge is 0.290 e. The molecule has 0 spiro atoms. The quantitative estimate of drug-likeness (QED) is 0.676. The number of hydrogen-bond acceptors (Lipinski definition) is 4. The molecule has 1 aliphatic rings. The number of aryl methyl sites for hydroxylation is 1. The van der Waals surface area contributed by atoms with Gasteiger partial charge in [-0.1, -0.05) is 0 Å². The zero-order valence-electron chi connectivity index (χ0n) is 10.5. The first kappa shape index (κ1) is 13.6. The number of nitrogens with zero attached hydrogens (tertiary/aromatic N) is 2. The van der Waals surface area contributed by atoms with Crippen LogP contribution in [0.1, 0.15) is 31.2 Å². The normalized spacial score (nSPS) is 19.1. The molecule has 0 amide bonds. The van der Waals surface area contributed by atoms with Crippen LogP contribution in [0.2, 0.25) is 0 Å². The third kappa shape index (κ3) is 3.36.